The fourth-order valence-electron chi connectivity index (χ4n) is 3.40. The van der Waals surface area contributed by atoms with Crippen LogP contribution in [0.15, 0.2) is 60.0 Å². The number of hydrazine groups is 1. The van der Waals surface area contributed by atoms with E-state index in [1.165, 1.54) is 16.9 Å². The molecule has 160 valence electrons. The highest BCUT2D eigenvalue weighted by atomic mass is 32.1. The second kappa shape index (κ2) is 10.2. The molecule has 2 heterocycles. The molecule has 0 radical (unpaired) electrons. The first kappa shape index (κ1) is 21.0. The Hall–Kier alpha value is -3.23. The van der Waals surface area contributed by atoms with Crippen molar-refractivity contribution in [1.29, 1.82) is 0 Å². The van der Waals surface area contributed by atoms with Crippen LogP contribution in [-0.4, -0.2) is 43.1 Å². The van der Waals surface area contributed by atoms with Crippen LogP contribution >= 0.6 is 11.3 Å². The second-order valence-electron chi connectivity index (χ2n) is 7.17. The van der Waals surface area contributed by atoms with Crippen LogP contribution in [0.2, 0.25) is 0 Å². The van der Waals surface area contributed by atoms with E-state index in [-0.39, 0.29) is 11.6 Å². The van der Waals surface area contributed by atoms with Crippen LogP contribution < -0.4 is 15.8 Å². The molecular formula is C23H24N4O3S. The molecule has 0 unspecified atom stereocenters. The van der Waals surface area contributed by atoms with Gasteiger partial charge in [-0.2, -0.15) is 0 Å². The van der Waals surface area contributed by atoms with Crippen molar-refractivity contribution in [3.05, 3.63) is 82.4 Å². The minimum absolute atomic E-state index is 0.282. The summed E-state index contributed by atoms with van der Waals surface area (Å²) in [5.74, 6) is -0.786. The number of benzene rings is 2. The monoisotopic (exact) mass is 436 g/mol. The number of hydrogen-bond donors (Lipinski definition) is 2. The quantitative estimate of drug-likeness (QED) is 0.581. The minimum Gasteiger partial charge on any atom is -0.378 e. The molecule has 0 aliphatic carbocycles. The smallest absolute Gasteiger partial charge is 0.289 e. The summed E-state index contributed by atoms with van der Waals surface area (Å²) >= 11 is 1.41. The van der Waals surface area contributed by atoms with E-state index in [1.54, 1.807) is 11.4 Å². The fourth-order valence-corrected chi connectivity index (χ4v) is 4.26. The molecule has 3 aromatic rings. The van der Waals surface area contributed by atoms with Crippen molar-refractivity contribution in [2.75, 3.05) is 31.2 Å². The van der Waals surface area contributed by atoms with Crippen molar-refractivity contribution in [3.8, 4) is 0 Å². The van der Waals surface area contributed by atoms with Gasteiger partial charge in [-0.1, -0.05) is 48.5 Å². The van der Waals surface area contributed by atoms with Crippen LogP contribution in [0, 0.1) is 0 Å². The molecular weight excluding hydrogens is 412 g/mol. The zero-order valence-electron chi connectivity index (χ0n) is 17.0. The lowest BCUT2D eigenvalue weighted by Gasteiger charge is -2.25. The Kier molecular flexibility index (Phi) is 6.91. The van der Waals surface area contributed by atoms with Gasteiger partial charge >= 0.3 is 0 Å². The Morgan fingerprint density at radius 3 is 2.45 bits per heavy atom. The standard InChI is InChI=1S/C23H24N4O3S/c28-21(19-9-5-4-8-18(19)11-10-17-6-2-1-3-7-17)25-26-22(29)20-16-31-23(24-20)27-12-14-30-15-13-27/h1-9,16H,10-15H2,(H,25,28)(H,26,29). The van der Waals surface area contributed by atoms with E-state index in [2.05, 4.69) is 32.9 Å². The normalized spacial score (nSPS) is 13.6. The average Bonchev–Trinajstić information content (AvgIpc) is 3.33. The maximum Gasteiger partial charge on any atom is 0.289 e. The first-order valence-corrected chi connectivity index (χ1v) is 11.1. The summed E-state index contributed by atoms with van der Waals surface area (Å²) in [5, 5.41) is 2.48. The summed E-state index contributed by atoms with van der Waals surface area (Å²) in [7, 11) is 0. The Balaban J connectivity index is 1.34. The summed E-state index contributed by atoms with van der Waals surface area (Å²) in [6.45, 7) is 2.82. The lowest BCUT2D eigenvalue weighted by atomic mass is 9.99. The number of amides is 2. The van der Waals surface area contributed by atoms with Crippen LogP contribution in [0.4, 0.5) is 5.13 Å². The van der Waals surface area contributed by atoms with E-state index in [0.29, 0.717) is 18.8 Å². The van der Waals surface area contributed by atoms with E-state index in [4.69, 9.17) is 4.74 Å². The SMILES string of the molecule is O=C(NNC(=O)c1ccccc1CCc1ccccc1)c1csc(N2CCOCC2)n1. The van der Waals surface area contributed by atoms with Gasteiger partial charge in [0, 0.05) is 24.0 Å². The number of thiazole rings is 1. The summed E-state index contributed by atoms with van der Waals surface area (Å²) < 4.78 is 5.34. The van der Waals surface area contributed by atoms with E-state index >= 15 is 0 Å². The molecule has 0 saturated carbocycles. The van der Waals surface area contributed by atoms with Crippen molar-refractivity contribution in [3.63, 3.8) is 0 Å². The van der Waals surface area contributed by atoms with Crippen molar-refractivity contribution in [1.82, 2.24) is 15.8 Å². The van der Waals surface area contributed by atoms with Crippen LogP contribution in [0.5, 0.6) is 0 Å². The molecule has 7 nitrogen and oxygen atoms in total. The van der Waals surface area contributed by atoms with E-state index in [1.807, 2.05) is 36.4 Å². The van der Waals surface area contributed by atoms with E-state index in [9.17, 15) is 9.59 Å². The number of carbonyl (C=O) groups excluding carboxylic acids is 2. The van der Waals surface area contributed by atoms with Crippen molar-refractivity contribution in [2.24, 2.45) is 0 Å². The highest BCUT2D eigenvalue weighted by molar-refractivity contribution is 7.13. The zero-order valence-corrected chi connectivity index (χ0v) is 17.9. The number of rotatable bonds is 6. The lowest BCUT2D eigenvalue weighted by molar-refractivity contribution is 0.0843. The number of nitrogens with one attached hydrogen (secondary N) is 2. The Morgan fingerprint density at radius 1 is 0.935 bits per heavy atom. The van der Waals surface area contributed by atoms with Gasteiger partial charge in [0.2, 0.25) is 0 Å². The number of morpholine rings is 1. The predicted molar refractivity (Wildman–Crippen MR) is 120 cm³/mol. The number of anilines is 1. The number of aromatic nitrogens is 1. The molecule has 1 fully saturated rings. The van der Waals surface area contributed by atoms with Crippen LogP contribution in [0.3, 0.4) is 0 Å². The molecule has 1 aliphatic heterocycles. The Morgan fingerprint density at radius 2 is 1.65 bits per heavy atom. The van der Waals surface area contributed by atoms with Crippen molar-refractivity contribution in [2.45, 2.75) is 12.8 Å². The van der Waals surface area contributed by atoms with E-state index < -0.39 is 5.91 Å². The third-order valence-electron chi connectivity index (χ3n) is 5.08. The molecule has 31 heavy (non-hydrogen) atoms. The van der Waals surface area contributed by atoms with Crippen molar-refractivity contribution >= 4 is 28.3 Å². The van der Waals surface area contributed by atoms with Gasteiger partial charge in [-0.3, -0.25) is 20.4 Å². The van der Waals surface area contributed by atoms with Gasteiger partial charge in [0.25, 0.3) is 11.8 Å². The summed E-state index contributed by atoms with van der Waals surface area (Å²) in [6, 6.07) is 17.6. The molecule has 0 spiro atoms. The average molecular weight is 437 g/mol. The summed E-state index contributed by atoms with van der Waals surface area (Å²) in [5.41, 5.74) is 7.97. The topological polar surface area (TPSA) is 83.6 Å². The number of hydrogen-bond acceptors (Lipinski definition) is 6. The van der Waals surface area contributed by atoms with Gasteiger partial charge in [0.1, 0.15) is 5.69 Å². The molecule has 2 amide bonds. The second-order valence-corrected chi connectivity index (χ2v) is 8.00. The maximum atomic E-state index is 12.7. The van der Waals surface area contributed by atoms with Crippen LogP contribution in [0.25, 0.3) is 0 Å². The van der Waals surface area contributed by atoms with E-state index in [0.717, 1.165) is 36.6 Å². The number of aryl methyl sites for hydroxylation is 2. The first-order chi connectivity index (χ1) is 15.2. The molecule has 2 aromatic carbocycles. The lowest BCUT2D eigenvalue weighted by Crippen LogP contribution is -2.42. The molecule has 0 bridgehead atoms. The predicted octanol–water partition coefficient (Wildman–Crippen LogP) is 2.84. The summed E-state index contributed by atoms with van der Waals surface area (Å²) in [6.07, 6.45) is 1.57. The fraction of sp³-hybridized carbons (Fsp3) is 0.261. The van der Waals surface area contributed by atoms with Gasteiger partial charge in [0.05, 0.1) is 13.2 Å². The molecule has 0 atom stereocenters. The number of nitrogens with zero attached hydrogens (tertiary/aromatic N) is 2. The highest BCUT2D eigenvalue weighted by Crippen LogP contribution is 2.21. The molecule has 8 heteroatoms. The van der Waals surface area contributed by atoms with Gasteiger partial charge < -0.3 is 9.64 Å². The van der Waals surface area contributed by atoms with Gasteiger partial charge in [0.15, 0.2) is 5.13 Å². The number of carbonyl (C=O) groups is 2. The molecule has 2 N–H and O–H groups in total. The summed E-state index contributed by atoms with van der Waals surface area (Å²) in [4.78, 5) is 31.6. The first-order valence-electron chi connectivity index (χ1n) is 10.2. The largest absolute Gasteiger partial charge is 0.378 e. The molecule has 1 saturated heterocycles. The van der Waals surface area contributed by atoms with Gasteiger partial charge in [-0.25, -0.2) is 4.98 Å². The van der Waals surface area contributed by atoms with Gasteiger partial charge in [-0.15, -0.1) is 11.3 Å². The molecule has 1 aromatic heterocycles. The van der Waals surface area contributed by atoms with Gasteiger partial charge in [-0.05, 0) is 30.0 Å². The minimum atomic E-state index is -0.439. The Labute approximate surface area is 185 Å². The zero-order chi connectivity index (χ0) is 21.5. The van der Waals surface area contributed by atoms with Crippen molar-refractivity contribution < 1.29 is 14.3 Å². The maximum absolute atomic E-state index is 12.7. The number of ether oxygens (including phenoxy) is 1. The Bertz CT molecular complexity index is 1030. The third kappa shape index (κ3) is 5.48. The molecule has 1 aliphatic rings. The van der Waals surface area contributed by atoms with Crippen LogP contribution in [0.1, 0.15) is 32.0 Å². The third-order valence-corrected chi connectivity index (χ3v) is 5.99. The highest BCUT2D eigenvalue weighted by Gasteiger charge is 2.18. The molecule has 4 rings (SSSR count). The van der Waals surface area contributed by atoms with Crippen LogP contribution in [-0.2, 0) is 17.6 Å².